The Morgan fingerprint density at radius 3 is 2.55 bits per heavy atom. The van der Waals surface area contributed by atoms with Crippen LogP contribution in [-0.2, 0) is 6.61 Å². The fraction of sp³-hybridized carbons (Fsp3) is 0.259. The molecule has 3 aromatic carbocycles. The van der Waals surface area contributed by atoms with E-state index in [4.69, 9.17) is 16.3 Å². The Balaban J connectivity index is 1.38. The molecule has 4 heteroatoms. The van der Waals surface area contributed by atoms with Gasteiger partial charge in [-0.2, -0.15) is 0 Å². The second kappa shape index (κ2) is 8.37. The van der Waals surface area contributed by atoms with Crippen LogP contribution in [0.5, 0.6) is 5.75 Å². The predicted molar refractivity (Wildman–Crippen MR) is 132 cm³/mol. The second-order valence-electron chi connectivity index (χ2n) is 8.55. The lowest BCUT2D eigenvalue weighted by Gasteiger charge is -2.39. The molecule has 0 unspecified atom stereocenters. The van der Waals surface area contributed by atoms with Crippen molar-refractivity contribution in [3.8, 4) is 5.75 Å². The lowest BCUT2D eigenvalue weighted by molar-refractivity contribution is 0.306. The fourth-order valence-corrected chi connectivity index (χ4v) is 5.70. The van der Waals surface area contributed by atoms with Crippen LogP contribution in [-0.4, -0.2) is 0 Å². The van der Waals surface area contributed by atoms with Gasteiger partial charge in [-0.05, 0) is 100 Å². The topological polar surface area (TPSA) is 21.3 Å². The van der Waals surface area contributed by atoms with Crippen LogP contribution in [0, 0.1) is 19.8 Å². The van der Waals surface area contributed by atoms with Gasteiger partial charge < -0.3 is 10.1 Å². The van der Waals surface area contributed by atoms with Gasteiger partial charge in [0, 0.05) is 15.4 Å². The summed E-state index contributed by atoms with van der Waals surface area (Å²) in [6.45, 7) is 4.98. The molecule has 3 aromatic rings. The Morgan fingerprint density at radius 2 is 1.81 bits per heavy atom. The molecule has 0 saturated carbocycles. The number of aryl methyl sites for hydroxylation is 1. The van der Waals surface area contributed by atoms with Crippen molar-refractivity contribution in [2.75, 3.05) is 5.32 Å². The normalized spacial score (nSPS) is 21.4. The summed E-state index contributed by atoms with van der Waals surface area (Å²) < 4.78 is 7.13. The van der Waals surface area contributed by atoms with E-state index in [1.807, 2.05) is 24.3 Å². The van der Waals surface area contributed by atoms with E-state index in [1.165, 1.54) is 27.9 Å². The molecule has 1 heterocycles. The first kappa shape index (κ1) is 20.7. The number of hydrogen-bond donors (Lipinski definition) is 1. The Labute approximate surface area is 197 Å². The molecule has 3 atom stereocenters. The number of allylic oxidation sites excluding steroid dienone is 2. The third-order valence-electron chi connectivity index (χ3n) is 6.68. The van der Waals surface area contributed by atoms with Crippen molar-refractivity contribution in [2.24, 2.45) is 5.92 Å². The van der Waals surface area contributed by atoms with Crippen LogP contribution in [0.2, 0.25) is 5.02 Å². The summed E-state index contributed by atoms with van der Waals surface area (Å²) in [6.07, 6.45) is 5.85. The number of rotatable bonds is 4. The molecule has 0 fully saturated rings. The van der Waals surface area contributed by atoms with Crippen molar-refractivity contribution in [2.45, 2.75) is 38.8 Å². The van der Waals surface area contributed by atoms with E-state index in [0.29, 0.717) is 18.4 Å². The molecule has 1 aliphatic carbocycles. The van der Waals surface area contributed by atoms with Crippen molar-refractivity contribution in [1.82, 2.24) is 0 Å². The largest absolute Gasteiger partial charge is 0.489 e. The van der Waals surface area contributed by atoms with Gasteiger partial charge in [-0.1, -0.05) is 48.0 Å². The van der Waals surface area contributed by atoms with Gasteiger partial charge in [-0.15, -0.1) is 0 Å². The van der Waals surface area contributed by atoms with Gasteiger partial charge in [0.2, 0.25) is 0 Å². The molecule has 31 heavy (non-hydrogen) atoms. The monoisotopic (exact) mass is 493 g/mol. The van der Waals surface area contributed by atoms with Crippen LogP contribution >= 0.6 is 27.5 Å². The van der Waals surface area contributed by atoms with Crippen molar-refractivity contribution in [3.05, 3.63) is 104 Å². The molecular weight excluding hydrogens is 470 g/mol. The highest BCUT2D eigenvalue weighted by molar-refractivity contribution is 9.10. The molecule has 0 aromatic heterocycles. The Bertz CT molecular complexity index is 1140. The van der Waals surface area contributed by atoms with Gasteiger partial charge in [-0.25, -0.2) is 0 Å². The summed E-state index contributed by atoms with van der Waals surface area (Å²) in [7, 11) is 0. The van der Waals surface area contributed by atoms with E-state index in [0.717, 1.165) is 27.2 Å². The highest BCUT2D eigenvalue weighted by Gasteiger charge is 2.39. The third-order valence-corrected chi connectivity index (χ3v) is 7.56. The first-order chi connectivity index (χ1) is 15.0. The van der Waals surface area contributed by atoms with E-state index in [-0.39, 0.29) is 6.04 Å². The standard InChI is InChI=1S/C27H25BrClNO/c1-16-14-24(28)27-25(17(16)2)22-4-3-5-23(22)26(30-27)19-8-12-21(13-9-19)31-15-18-6-10-20(29)11-7-18/h3-4,6-14,22-23,26,30H,5,15H2,1-2H3/t22-,23-,26-/m1/s1. The van der Waals surface area contributed by atoms with Crippen LogP contribution in [0.4, 0.5) is 5.69 Å². The van der Waals surface area contributed by atoms with Crippen LogP contribution in [0.1, 0.15) is 46.2 Å². The maximum atomic E-state index is 5.98. The van der Waals surface area contributed by atoms with Gasteiger partial charge in [0.1, 0.15) is 12.4 Å². The maximum absolute atomic E-state index is 5.98. The summed E-state index contributed by atoms with van der Waals surface area (Å²) in [4.78, 5) is 0. The fourth-order valence-electron chi connectivity index (χ4n) is 4.90. The minimum atomic E-state index is 0.274. The number of ether oxygens (including phenoxy) is 1. The average Bonchev–Trinajstić information content (AvgIpc) is 3.26. The summed E-state index contributed by atoms with van der Waals surface area (Å²) in [5, 5.41) is 4.61. The van der Waals surface area contributed by atoms with Crippen molar-refractivity contribution in [1.29, 1.82) is 0 Å². The minimum Gasteiger partial charge on any atom is -0.489 e. The zero-order valence-corrected chi connectivity index (χ0v) is 20.0. The van der Waals surface area contributed by atoms with Crippen LogP contribution in [0.3, 0.4) is 0 Å². The number of anilines is 1. The smallest absolute Gasteiger partial charge is 0.119 e. The molecule has 2 nitrogen and oxygen atoms in total. The average molecular weight is 495 g/mol. The van der Waals surface area contributed by atoms with Gasteiger partial charge in [0.15, 0.2) is 0 Å². The van der Waals surface area contributed by atoms with Crippen LogP contribution in [0.25, 0.3) is 0 Å². The first-order valence-electron chi connectivity index (χ1n) is 10.7. The number of nitrogens with one attached hydrogen (secondary N) is 1. The number of fused-ring (bicyclic) bond motifs is 3. The SMILES string of the molecule is Cc1cc(Br)c2c(c1C)[C@@H]1C=CC[C@H]1[C@@H](c1ccc(OCc3ccc(Cl)cc3)cc1)N2. The summed E-state index contributed by atoms with van der Waals surface area (Å²) in [5.41, 5.74) is 7.83. The molecule has 0 amide bonds. The Hall–Kier alpha value is -2.23. The van der Waals surface area contributed by atoms with Gasteiger partial charge in [0.05, 0.1) is 11.7 Å². The van der Waals surface area contributed by atoms with E-state index in [1.54, 1.807) is 0 Å². The predicted octanol–water partition coefficient (Wildman–Crippen LogP) is 8.12. The maximum Gasteiger partial charge on any atom is 0.119 e. The van der Waals surface area contributed by atoms with Crippen molar-refractivity contribution < 1.29 is 4.74 Å². The molecule has 1 aliphatic heterocycles. The molecule has 1 N–H and O–H groups in total. The summed E-state index contributed by atoms with van der Waals surface area (Å²) in [5.74, 6) is 1.86. The summed E-state index contributed by atoms with van der Waals surface area (Å²) in [6, 6.07) is 18.8. The zero-order valence-electron chi connectivity index (χ0n) is 17.7. The molecule has 0 bridgehead atoms. The second-order valence-corrected chi connectivity index (χ2v) is 9.84. The Kier molecular flexibility index (Phi) is 5.58. The van der Waals surface area contributed by atoms with Crippen LogP contribution < -0.4 is 10.1 Å². The number of benzene rings is 3. The minimum absolute atomic E-state index is 0.274. The van der Waals surface area contributed by atoms with E-state index < -0.39 is 0 Å². The van der Waals surface area contributed by atoms with E-state index in [2.05, 4.69) is 77.6 Å². The third kappa shape index (κ3) is 3.90. The Morgan fingerprint density at radius 1 is 1.06 bits per heavy atom. The van der Waals surface area contributed by atoms with Gasteiger partial charge >= 0.3 is 0 Å². The molecule has 5 rings (SSSR count). The lowest BCUT2D eigenvalue weighted by Crippen LogP contribution is -2.30. The number of halogens is 2. The molecule has 0 spiro atoms. The zero-order chi connectivity index (χ0) is 21.5. The van der Waals surface area contributed by atoms with E-state index >= 15 is 0 Å². The molecule has 158 valence electrons. The molecule has 0 radical (unpaired) electrons. The summed E-state index contributed by atoms with van der Waals surface area (Å²) >= 11 is 9.77. The van der Waals surface area contributed by atoms with Crippen LogP contribution in [0.15, 0.2) is 71.2 Å². The van der Waals surface area contributed by atoms with Gasteiger partial charge in [-0.3, -0.25) is 0 Å². The number of hydrogen-bond acceptors (Lipinski definition) is 2. The molecular formula is C27H25BrClNO. The highest BCUT2D eigenvalue weighted by Crippen LogP contribution is 2.53. The van der Waals surface area contributed by atoms with Gasteiger partial charge in [0.25, 0.3) is 0 Å². The highest BCUT2D eigenvalue weighted by atomic mass is 79.9. The quantitative estimate of drug-likeness (QED) is 0.370. The van der Waals surface area contributed by atoms with Crippen molar-refractivity contribution >= 4 is 33.2 Å². The molecule has 0 saturated heterocycles. The molecule has 2 aliphatic rings. The lowest BCUT2D eigenvalue weighted by atomic mass is 9.75. The first-order valence-corrected chi connectivity index (χ1v) is 11.9. The van der Waals surface area contributed by atoms with E-state index in [9.17, 15) is 0 Å². The van der Waals surface area contributed by atoms with Crippen molar-refractivity contribution in [3.63, 3.8) is 0 Å².